The molecule has 6 heteroatoms. The van der Waals surface area contributed by atoms with Crippen LogP contribution in [-0.4, -0.2) is 35.7 Å². The SMILES string of the molecule is NCC1CCC(OC(=O)C(N)Cc2ccccc2C(=O)O)CC1. The number of carboxylic acids is 1. The number of aromatic carboxylic acids is 1. The van der Waals surface area contributed by atoms with Crippen LogP contribution in [0.5, 0.6) is 0 Å². The lowest BCUT2D eigenvalue weighted by Crippen LogP contribution is -2.38. The summed E-state index contributed by atoms with van der Waals surface area (Å²) in [6.07, 6.45) is 3.60. The topological polar surface area (TPSA) is 116 Å². The first kappa shape index (κ1) is 17.4. The molecular formula is C17H24N2O4. The molecule has 1 atom stereocenters. The first-order valence-corrected chi connectivity index (χ1v) is 7.98. The summed E-state index contributed by atoms with van der Waals surface area (Å²) < 4.78 is 5.47. The Morgan fingerprint density at radius 2 is 1.87 bits per heavy atom. The maximum atomic E-state index is 12.1. The van der Waals surface area contributed by atoms with Crippen LogP contribution in [-0.2, 0) is 16.0 Å². The van der Waals surface area contributed by atoms with E-state index in [4.69, 9.17) is 21.3 Å². The fourth-order valence-corrected chi connectivity index (χ4v) is 2.96. The smallest absolute Gasteiger partial charge is 0.335 e. The van der Waals surface area contributed by atoms with Crippen molar-refractivity contribution in [3.63, 3.8) is 0 Å². The highest BCUT2D eigenvalue weighted by Crippen LogP contribution is 2.25. The van der Waals surface area contributed by atoms with Gasteiger partial charge in [-0.3, -0.25) is 4.79 Å². The molecule has 1 aliphatic rings. The Labute approximate surface area is 135 Å². The van der Waals surface area contributed by atoms with Crippen molar-refractivity contribution < 1.29 is 19.4 Å². The van der Waals surface area contributed by atoms with Crippen molar-refractivity contribution in [1.29, 1.82) is 0 Å². The van der Waals surface area contributed by atoms with Crippen molar-refractivity contribution in [2.24, 2.45) is 17.4 Å². The van der Waals surface area contributed by atoms with Gasteiger partial charge in [0, 0.05) is 0 Å². The molecule has 1 saturated carbocycles. The van der Waals surface area contributed by atoms with Gasteiger partial charge < -0.3 is 21.3 Å². The van der Waals surface area contributed by atoms with E-state index in [-0.39, 0.29) is 18.1 Å². The molecule has 6 nitrogen and oxygen atoms in total. The Balaban J connectivity index is 1.90. The number of benzene rings is 1. The minimum atomic E-state index is -1.03. The van der Waals surface area contributed by atoms with Crippen LogP contribution in [0.2, 0.25) is 0 Å². The van der Waals surface area contributed by atoms with E-state index >= 15 is 0 Å². The van der Waals surface area contributed by atoms with Crippen molar-refractivity contribution in [2.75, 3.05) is 6.54 Å². The third-order valence-corrected chi connectivity index (χ3v) is 4.40. The Morgan fingerprint density at radius 3 is 2.48 bits per heavy atom. The number of carboxylic acid groups (broad SMARTS) is 1. The largest absolute Gasteiger partial charge is 0.478 e. The van der Waals surface area contributed by atoms with E-state index in [0.29, 0.717) is 18.0 Å². The van der Waals surface area contributed by atoms with E-state index < -0.39 is 18.0 Å². The molecule has 0 radical (unpaired) electrons. The molecule has 1 aromatic rings. The first-order chi connectivity index (χ1) is 11.0. The van der Waals surface area contributed by atoms with E-state index in [0.717, 1.165) is 25.7 Å². The first-order valence-electron chi connectivity index (χ1n) is 7.98. The second-order valence-electron chi connectivity index (χ2n) is 6.09. The zero-order valence-corrected chi connectivity index (χ0v) is 13.1. The van der Waals surface area contributed by atoms with Crippen molar-refractivity contribution in [3.8, 4) is 0 Å². The molecule has 0 amide bonds. The molecule has 126 valence electrons. The summed E-state index contributed by atoms with van der Waals surface area (Å²) >= 11 is 0. The fourth-order valence-electron chi connectivity index (χ4n) is 2.96. The van der Waals surface area contributed by atoms with Gasteiger partial charge in [-0.25, -0.2) is 4.79 Å². The number of esters is 1. The predicted molar refractivity (Wildman–Crippen MR) is 86.0 cm³/mol. The fraction of sp³-hybridized carbons (Fsp3) is 0.529. The molecule has 5 N–H and O–H groups in total. The summed E-state index contributed by atoms with van der Waals surface area (Å²) in [4.78, 5) is 23.3. The summed E-state index contributed by atoms with van der Waals surface area (Å²) in [7, 11) is 0. The second kappa shape index (κ2) is 8.08. The number of hydrogen-bond acceptors (Lipinski definition) is 5. The monoisotopic (exact) mass is 320 g/mol. The molecule has 0 aromatic heterocycles. The van der Waals surface area contributed by atoms with Crippen LogP contribution in [0.3, 0.4) is 0 Å². The van der Waals surface area contributed by atoms with Gasteiger partial charge in [0.1, 0.15) is 12.1 Å². The zero-order chi connectivity index (χ0) is 16.8. The lowest BCUT2D eigenvalue weighted by atomic mass is 9.87. The van der Waals surface area contributed by atoms with Gasteiger partial charge in [-0.05, 0) is 56.2 Å². The van der Waals surface area contributed by atoms with Gasteiger partial charge in [0.2, 0.25) is 0 Å². The zero-order valence-electron chi connectivity index (χ0n) is 13.1. The van der Waals surface area contributed by atoms with Crippen molar-refractivity contribution in [2.45, 2.75) is 44.2 Å². The molecule has 23 heavy (non-hydrogen) atoms. The van der Waals surface area contributed by atoms with E-state index in [1.165, 1.54) is 6.07 Å². The van der Waals surface area contributed by atoms with Crippen LogP contribution >= 0.6 is 0 Å². The van der Waals surface area contributed by atoms with Crippen LogP contribution in [0.4, 0.5) is 0 Å². The molecule has 1 aromatic carbocycles. The molecule has 0 heterocycles. The Morgan fingerprint density at radius 1 is 1.22 bits per heavy atom. The quantitative estimate of drug-likeness (QED) is 0.681. The molecule has 0 saturated heterocycles. The molecule has 1 unspecified atom stereocenters. The average molecular weight is 320 g/mol. The van der Waals surface area contributed by atoms with Gasteiger partial charge in [-0.2, -0.15) is 0 Å². The molecule has 2 rings (SSSR count). The summed E-state index contributed by atoms with van der Waals surface area (Å²) in [5.41, 5.74) is 12.3. The number of carbonyl (C=O) groups is 2. The number of ether oxygens (including phenoxy) is 1. The summed E-state index contributed by atoms with van der Waals surface area (Å²) in [5, 5.41) is 9.16. The van der Waals surface area contributed by atoms with Crippen molar-refractivity contribution in [1.82, 2.24) is 0 Å². The van der Waals surface area contributed by atoms with E-state index in [1.54, 1.807) is 18.2 Å². The van der Waals surface area contributed by atoms with Crippen LogP contribution in [0.15, 0.2) is 24.3 Å². The van der Waals surface area contributed by atoms with Crippen LogP contribution < -0.4 is 11.5 Å². The van der Waals surface area contributed by atoms with E-state index in [1.807, 2.05) is 0 Å². The molecule has 1 aliphatic carbocycles. The standard InChI is InChI=1S/C17H24N2O4/c18-10-11-5-7-13(8-6-11)23-17(22)15(19)9-12-3-1-2-4-14(12)16(20)21/h1-4,11,13,15H,5-10,18-19H2,(H,20,21). The highest BCUT2D eigenvalue weighted by atomic mass is 16.5. The maximum Gasteiger partial charge on any atom is 0.335 e. The lowest BCUT2D eigenvalue weighted by molar-refractivity contribution is -0.152. The number of hydrogen-bond donors (Lipinski definition) is 3. The normalized spacial score (nSPS) is 22.3. The van der Waals surface area contributed by atoms with E-state index in [9.17, 15) is 9.59 Å². The van der Waals surface area contributed by atoms with Gasteiger partial charge in [-0.15, -0.1) is 0 Å². The second-order valence-corrected chi connectivity index (χ2v) is 6.09. The lowest BCUT2D eigenvalue weighted by Gasteiger charge is -2.28. The molecule has 0 spiro atoms. The highest BCUT2D eigenvalue weighted by molar-refractivity contribution is 5.89. The van der Waals surface area contributed by atoms with E-state index in [2.05, 4.69) is 0 Å². The molecule has 0 bridgehead atoms. The summed E-state index contributed by atoms with van der Waals surface area (Å²) in [6, 6.07) is 5.69. The molecule has 0 aliphatic heterocycles. The minimum Gasteiger partial charge on any atom is -0.478 e. The van der Waals surface area contributed by atoms with Gasteiger partial charge in [0.15, 0.2) is 0 Å². The number of rotatable bonds is 6. The van der Waals surface area contributed by atoms with Crippen LogP contribution in [0.1, 0.15) is 41.6 Å². The molecular weight excluding hydrogens is 296 g/mol. The Kier molecular flexibility index (Phi) is 6.12. The Hall–Kier alpha value is -1.92. The molecule has 1 fully saturated rings. The third-order valence-electron chi connectivity index (χ3n) is 4.40. The van der Waals surface area contributed by atoms with Crippen molar-refractivity contribution >= 4 is 11.9 Å². The minimum absolute atomic E-state index is 0.105. The van der Waals surface area contributed by atoms with Crippen LogP contribution in [0.25, 0.3) is 0 Å². The van der Waals surface area contributed by atoms with Gasteiger partial charge in [0.05, 0.1) is 5.56 Å². The van der Waals surface area contributed by atoms with Gasteiger partial charge in [0.25, 0.3) is 0 Å². The van der Waals surface area contributed by atoms with Crippen molar-refractivity contribution in [3.05, 3.63) is 35.4 Å². The summed E-state index contributed by atoms with van der Waals surface area (Å²) in [6.45, 7) is 0.673. The highest BCUT2D eigenvalue weighted by Gasteiger charge is 2.26. The average Bonchev–Trinajstić information content (AvgIpc) is 2.55. The van der Waals surface area contributed by atoms with Crippen LogP contribution in [0, 0.1) is 5.92 Å². The third kappa shape index (κ3) is 4.77. The predicted octanol–water partition coefficient (Wildman–Crippen LogP) is 1.32. The Bertz CT molecular complexity index is 553. The van der Waals surface area contributed by atoms with Gasteiger partial charge in [-0.1, -0.05) is 18.2 Å². The maximum absolute atomic E-state index is 12.1. The summed E-state index contributed by atoms with van der Waals surface area (Å²) in [5.74, 6) is -0.983. The van der Waals surface area contributed by atoms with Gasteiger partial charge >= 0.3 is 11.9 Å². The number of nitrogens with two attached hydrogens (primary N) is 2. The number of carbonyl (C=O) groups excluding carboxylic acids is 1.